The second-order valence-corrected chi connectivity index (χ2v) is 6.91. The summed E-state index contributed by atoms with van der Waals surface area (Å²) in [6.45, 7) is 3.75. The van der Waals surface area contributed by atoms with Crippen molar-refractivity contribution in [3.63, 3.8) is 0 Å². The fourth-order valence-corrected chi connectivity index (χ4v) is 3.17. The van der Waals surface area contributed by atoms with Gasteiger partial charge in [0, 0.05) is 25.7 Å². The number of nitrogens with zero attached hydrogens (tertiary/aromatic N) is 1. The standard InChI is InChI=1S/C23H27N3O3/c27-22(12-11-19-7-3-1-4-8-19)24-17-23(28)25-21(20-9-5-2-6-10-20)18-26-13-15-29-16-14-26/h1-12,21H,13-18H2,(H,24,27)(H,25,28)/b12-11+/t21-/m1/s1. The molecule has 2 aromatic rings. The van der Waals surface area contributed by atoms with Gasteiger partial charge in [-0.05, 0) is 17.2 Å². The first-order valence-corrected chi connectivity index (χ1v) is 9.86. The minimum Gasteiger partial charge on any atom is -0.379 e. The van der Waals surface area contributed by atoms with Crippen LogP contribution < -0.4 is 10.6 Å². The van der Waals surface area contributed by atoms with Crippen molar-refractivity contribution in [2.24, 2.45) is 0 Å². The quantitative estimate of drug-likeness (QED) is 0.673. The first-order valence-electron chi connectivity index (χ1n) is 9.86. The fraction of sp³-hybridized carbons (Fsp3) is 0.304. The maximum Gasteiger partial charge on any atom is 0.244 e. The number of carbonyl (C=O) groups excluding carboxylic acids is 2. The van der Waals surface area contributed by atoms with Gasteiger partial charge in [0.25, 0.3) is 0 Å². The molecule has 1 aliphatic heterocycles. The molecular formula is C23H27N3O3. The van der Waals surface area contributed by atoms with Crippen molar-refractivity contribution in [2.45, 2.75) is 6.04 Å². The number of rotatable bonds is 8. The monoisotopic (exact) mass is 393 g/mol. The van der Waals surface area contributed by atoms with E-state index in [1.165, 1.54) is 6.08 Å². The summed E-state index contributed by atoms with van der Waals surface area (Å²) in [6.07, 6.45) is 3.16. The number of ether oxygens (including phenoxy) is 1. The minimum absolute atomic E-state index is 0.0651. The molecule has 2 amide bonds. The predicted octanol–water partition coefficient (Wildman–Crippen LogP) is 2.01. The van der Waals surface area contributed by atoms with Crippen LogP contribution >= 0.6 is 0 Å². The predicted molar refractivity (Wildman–Crippen MR) is 113 cm³/mol. The van der Waals surface area contributed by atoms with Crippen LogP contribution in [0.15, 0.2) is 66.7 Å². The van der Waals surface area contributed by atoms with Crippen LogP contribution in [-0.2, 0) is 14.3 Å². The molecule has 0 spiro atoms. The van der Waals surface area contributed by atoms with Crippen LogP contribution in [0.5, 0.6) is 0 Å². The molecule has 1 atom stereocenters. The van der Waals surface area contributed by atoms with Crippen LogP contribution in [0.25, 0.3) is 6.08 Å². The Morgan fingerprint density at radius 2 is 1.66 bits per heavy atom. The van der Waals surface area contributed by atoms with Crippen molar-refractivity contribution in [2.75, 3.05) is 39.4 Å². The number of morpholine rings is 1. The van der Waals surface area contributed by atoms with E-state index in [4.69, 9.17) is 4.74 Å². The molecule has 29 heavy (non-hydrogen) atoms. The van der Waals surface area contributed by atoms with Gasteiger partial charge in [-0.25, -0.2) is 0 Å². The normalized spacial score (nSPS) is 15.7. The smallest absolute Gasteiger partial charge is 0.244 e. The molecule has 3 rings (SSSR count). The molecule has 0 saturated carbocycles. The van der Waals surface area contributed by atoms with Gasteiger partial charge in [0.05, 0.1) is 25.8 Å². The highest BCUT2D eigenvalue weighted by molar-refractivity contribution is 5.94. The molecule has 1 saturated heterocycles. The van der Waals surface area contributed by atoms with E-state index in [0.29, 0.717) is 19.8 Å². The summed E-state index contributed by atoms with van der Waals surface area (Å²) in [5.74, 6) is -0.512. The van der Waals surface area contributed by atoms with Gasteiger partial charge in [-0.1, -0.05) is 60.7 Å². The molecule has 0 radical (unpaired) electrons. The van der Waals surface area contributed by atoms with Crippen molar-refractivity contribution >= 4 is 17.9 Å². The number of carbonyl (C=O) groups is 2. The first-order chi connectivity index (χ1) is 14.2. The van der Waals surface area contributed by atoms with Gasteiger partial charge < -0.3 is 15.4 Å². The van der Waals surface area contributed by atoms with Gasteiger partial charge in [-0.3, -0.25) is 14.5 Å². The molecule has 1 fully saturated rings. The Bertz CT molecular complexity index is 803. The van der Waals surface area contributed by atoms with E-state index in [2.05, 4.69) is 15.5 Å². The summed E-state index contributed by atoms with van der Waals surface area (Å²) in [6, 6.07) is 19.3. The molecule has 0 unspecified atom stereocenters. The zero-order chi connectivity index (χ0) is 20.3. The molecule has 1 heterocycles. The molecule has 0 aliphatic carbocycles. The second-order valence-electron chi connectivity index (χ2n) is 6.91. The van der Waals surface area contributed by atoms with E-state index in [1.54, 1.807) is 6.08 Å². The van der Waals surface area contributed by atoms with Gasteiger partial charge >= 0.3 is 0 Å². The summed E-state index contributed by atoms with van der Waals surface area (Å²) in [7, 11) is 0. The molecule has 152 valence electrons. The third kappa shape index (κ3) is 7.18. The minimum atomic E-state index is -0.298. The SMILES string of the molecule is O=C(/C=C/c1ccccc1)NCC(=O)N[C@H](CN1CCOCC1)c1ccccc1. The lowest BCUT2D eigenvalue weighted by atomic mass is 10.1. The lowest BCUT2D eigenvalue weighted by Gasteiger charge is -2.31. The van der Waals surface area contributed by atoms with Crippen LogP contribution in [0.2, 0.25) is 0 Å². The third-order valence-electron chi connectivity index (χ3n) is 4.73. The summed E-state index contributed by atoms with van der Waals surface area (Å²) in [5, 5.41) is 5.69. The Labute approximate surface area is 171 Å². The summed E-state index contributed by atoms with van der Waals surface area (Å²) >= 11 is 0. The number of benzene rings is 2. The lowest BCUT2D eigenvalue weighted by molar-refractivity contribution is -0.124. The van der Waals surface area contributed by atoms with E-state index < -0.39 is 0 Å². The third-order valence-corrected chi connectivity index (χ3v) is 4.73. The summed E-state index contributed by atoms with van der Waals surface area (Å²) < 4.78 is 5.40. The molecule has 2 N–H and O–H groups in total. The maximum atomic E-state index is 12.5. The van der Waals surface area contributed by atoms with Gasteiger partial charge in [-0.15, -0.1) is 0 Å². The van der Waals surface area contributed by atoms with Crippen LogP contribution in [0, 0.1) is 0 Å². The van der Waals surface area contributed by atoms with Gasteiger partial charge in [-0.2, -0.15) is 0 Å². The van der Waals surface area contributed by atoms with Crippen LogP contribution in [0.1, 0.15) is 17.2 Å². The fourth-order valence-electron chi connectivity index (χ4n) is 3.17. The van der Waals surface area contributed by atoms with Gasteiger partial charge in [0.2, 0.25) is 11.8 Å². The molecule has 0 bridgehead atoms. The second kappa shape index (κ2) is 11.1. The van der Waals surface area contributed by atoms with Crippen LogP contribution in [-0.4, -0.2) is 56.1 Å². The average Bonchev–Trinajstić information content (AvgIpc) is 2.78. The average molecular weight is 393 g/mol. The van der Waals surface area contributed by atoms with E-state index in [9.17, 15) is 9.59 Å². The largest absolute Gasteiger partial charge is 0.379 e. The molecular weight excluding hydrogens is 366 g/mol. The van der Waals surface area contributed by atoms with E-state index in [1.807, 2.05) is 60.7 Å². The first kappa shape index (κ1) is 20.8. The van der Waals surface area contributed by atoms with Crippen molar-refractivity contribution in [1.29, 1.82) is 0 Å². The van der Waals surface area contributed by atoms with E-state index >= 15 is 0 Å². The Morgan fingerprint density at radius 1 is 1.00 bits per heavy atom. The van der Waals surface area contributed by atoms with Crippen LogP contribution in [0.4, 0.5) is 0 Å². The maximum absolute atomic E-state index is 12.5. The van der Waals surface area contributed by atoms with Gasteiger partial charge in [0.1, 0.15) is 0 Å². The highest BCUT2D eigenvalue weighted by atomic mass is 16.5. The van der Waals surface area contributed by atoms with Crippen molar-refractivity contribution in [3.8, 4) is 0 Å². The molecule has 6 heteroatoms. The molecule has 6 nitrogen and oxygen atoms in total. The zero-order valence-electron chi connectivity index (χ0n) is 16.4. The van der Waals surface area contributed by atoms with Crippen molar-refractivity contribution in [3.05, 3.63) is 77.9 Å². The number of amides is 2. The zero-order valence-corrected chi connectivity index (χ0v) is 16.4. The Balaban J connectivity index is 1.52. The number of nitrogens with one attached hydrogen (secondary N) is 2. The number of hydrogen-bond acceptors (Lipinski definition) is 4. The summed E-state index contributed by atoms with van der Waals surface area (Å²) in [5.41, 5.74) is 1.98. The molecule has 0 aromatic heterocycles. The highest BCUT2D eigenvalue weighted by Gasteiger charge is 2.20. The van der Waals surface area contributed by atoms with Crippen molar-refractivity contribution < 1.29 is 14.3 Å². The lowest BCUT2D eigenvalue weighted by Crippen LogP contribution is -2.45. The van der Waals surface area contributed by atoms with E-state index in [-0.39, 0.29) is 24.4 Å². The molecule has 1 aliphatic rings. The van der Waals surface area contributed by atoms with Crippen molar-refractivity contribution in [1.82, 2.24) is 15.5 Å². The van der Waals surface area contributed by atoms with Gasteiger partial charge in [0.15, 0.2) is 0 Å². The topological polar surface area (TPSA) is 70.7 Å². The molecule has 2 aromatic carbocycles. The van der Waals surface area contributed by atoms with E-state index in [0.717, 1.165) is 24.2 Å². The van der Waals surface area contributed by atoms with Crippen LogP contribution in [0.3, 0.4) is 0 Å². The Kier molecular flexibility index (Phi) is 7.98. The number of hydrogen-bond donors (Lipinski definition) is 2. The Morgan fingerprint density at radius 3 is 2.34 bits per heavy atom. The highest BCUT2D eigenvalue weighted by Crippen LogP contribution is 2.15. The summed E-state index contributed by atoms with van der Waals surface area (Å²) in [4.78, 5) is 26.7. The Hall–Kier alpha value is -2.96.